The highest BCUT2D eigenvalue weighted by molar-refractivity contribution is 6.21. The zero-order valence-corrected chi connectivity index (χ0v) is 19.9. The molecule has 1 aromatic carbocycles. The first-order valence-electron chi connectivity index (χ1n) is 13.0. The molecule has 0 radical (unpaired) electrons. The predicted molar refractivity (Wildman–Crippen MR) is 126 cm³/mol. The molecule has 0 N–H and O–H groups in total. The summed E-state index contributed by atoms with van der Waals surface area (Å²) in [5, 5.41) is 0. The SMILES string of the molecule is C/C=C1/CC[C@H]2[C@@H]3CCC4C[C@H](N5C(=O)c6ccccc6C5=O)CC[C@]4(C)[C@H]3CC[C@]12C. The monoisotopic (exact) mass is 431 g/mol. The van der Waals surface area contributed by atoms with Crippen molar-refractivity contribution in [1.29, 1.82) is 0 Å². The van der Waals surface area contributed by atoms with Crippen LogP contribution in [0, 0.1) is 34.5 Å². The minimum Gasteiger partial charge on any atom is -0.271 e. The van der Waals surface area contributed by atoms with Gasteiger partial charge < -0.3 is 0 Å². The molecule has 1 aromatic rings. The second-order valence-corrected chi connectivity index (χ2v) is 11.9. The summed E-state index contributed by atoms with van der Waals surface area (Å²) in [5.74, 6) is 3.05. The van der Waals surface area contributed by atoms with Crippen molar-refractivity contribution < 1.29 is 9.59 Å². The van der Waals surface area contributed by atoms with Gasteiger partial charge in [0.2, 0.25) is 0 Å². The van der Waals surface area contributed by atoms with E-state index in [1.54, 1.807) is 10.5 Å². The molecule has 7 atom stereocenters. The number of carbonyl (C=O) groups is 2. The van der Waals surface area contributed by atoms with Crippen LogP contribution in [0.3, 0.4) is 0 Å². The molecule has 170 valence electrons. The lowest BCUT2D eigenvalue weighted by atomic mass is 9.45. The highest BCUT2D eigenvalue weighted by Crippen LogP contribution is 2.67. The number of fused-ring (bicyclic) bond motifs is 6. The van der Waals surface area contributed by atoms with E-state index >= 15 is 0 Å². The molecule has 1 unspecified atom stereocenters. The molecule has 0 spiro atoms. The zero-order chi connectivity index (χ0) is 22.3. The maximum atomic E-state index is 13.1. The Morgan fingerprint density at radius 1 is 0.906 bits per heavy atom. The summed E-state index contributed by atoms with van der Waals surface area (Å²) in [6, 6.07) is 7.44. The van der Waals surface area contributed by atoms with E-state index in [-0.39, 0.29) is 17.9 Å². The van der Waals surface area contributed by atoms with Crippen molar-refractivity contribution in [3.63, 3.8) is 0 Å². The van der Waals surface area contributed by atoms with Crippen molar-refractivity contribution >= 4 is 11.8 Å². The first kappa shape index (κ1) is 20.7. The second-order valence-electron chi connectivity index (χ2n) is 11.9. The van der Waals surface area contributed by atoms with Crippen LogP contribution in [0.25, 0.3) is 0 Å². The highest BCUT2D eigenvalue weighted by Gasteiger charge is 2.59. The van der Waals surface area contributed by atoms with Crippen molar-refractivity contribution in [2.75, 3.05) is 0 Å². The number of imide groups is 1. The fraction of sp³-hybridized carbons (Fsp3) is 0.655. The summed E-state index contributed by atoms with van der Waals surface area (Å²) in [4.78, 5) is 27.8. The van der Waals surface area contributed by atoms with E-state index in [1.165, 1.54) is 38.5 Å². The van der Waals surface area contributed by atoms with Crippen molar-refractivity contribution in [3.8, 4) is 0 Å². The quantitative estimate of drug-likeness (QED) is 0.369. The summed E-state index contributed by atoms with van der Waals surface area (Å²) >= 11 is 0. The highest BCUT2D eigenvalue weighted by atomic mass is 16.2. The van der Waals surface area contributed by atoms with Gasteiger partial charge in [-0.15, -0.1) is 0 Å². The molecule has 6 rings (SSSR count). The number of nitrogens with zero attached hydrogens (tertiary/aromatic N) is 1. The molecule has 5 aliphatic rings. The maximum absolute atomic E-state index is 13.1. The number of hydrogen-bond acceptors (Lipinski definition) is 2. The van der Waals surface area contributed by atoms with E-state index in [9.17, 15) is 9.59 Å². The molecule has 1 heterocycles. The Morgan fingerprint density at radius 2 is 1.62 bits per heavy atom. The van der Waals surface area contributed by atoms with Gasteiger partial charge in [-0.3, -0.25) is 14.5 Å². The van der Waals surface area contributed by atoms with E-state index in [0.29, 0.717) is 27.9 Å². The number of allylic oxidation sites excluding steroid dienone is 2. The summed E-state index contributed by atoms with van der Waals surface area (Å²) in [7, 11) is 0. The summed E-state index contributed by atoms with van der Waals surface area (Å²) < 4.78 is 0. The molecule has 2 amide bonds. The van der Waals surface area contributed by atoms with E-state index in [2.05, 4.69) is 26.8 Å². The Kier molecular flexibility index (Phi) is 4.56. The van der Waals surface area contributed by atoms with Gasteiger partial charge in [0.15, 0.2) is 0 Å². The Hall–Kier alpha value is -1.90. The number of amides is 2. The van der Waals surface area contributed by atoms with Gasteiger partial charge in [0.05, 0.1) is 11.1 Å². The molecule has 3 nitrogen and oxygen atoms in total. The van der Waals surface area contributed by atoms with Crippen LogP contribution in [-0.2, 0) is 0 Å². The Morgan fingerprint density at radius 3 is 2.31 bits per heavy atom. The number of benzene rings is 1. The topological polar surface area (TPSA) is 37.4 Å². The number of rotatable bonds is 1. The normalized spacial score (nSPS) is 44.3. The van der Waals surface area contributed by atoms with E-state index in [4.69, 9.17) is 0 Å². The van der Waals surface area contributed by atoms with Crippen LogP contribution in [0.2, 0.25) is 0 Å². The molecule has 1 aliphatic heterocycles. The third kappa shape index (κ3) is 2.60. The molecular formula is C29H37NO2. The smallest absolute Gasteiger partial charge is 0.261 e. The third-order valence-corrected chi connectivity index (χ3v) is 11.0. The fourth-order valence-electron chi connectivity index (χ4n) is 9.33. The van der Waals surface area contributed by atoms with Crippen molar-refractivity contribution in [2.45, 2.75) is 84.6 Å². The molecule has 0 saturated heterocycles. The minimum atomic E-state index is -0.0637. The van der Waals surface area contributed by atoms with Gasteiger partial charge in [-0.2, -0.15) is 0 Å². The number of hydrogen-bond donors (Lipinski definition) is 0. The van der Waals surface area contributed by atoms with Crippen LogP contribution in [0.4, 0.5) is 0 Å². The Bertz CT molecular complexity index is 975. The second kappa shape index (κ2) is 7.05. The van der Waals surface area contributed by atoms with Crippen LogP contribution in [0.15, 0.2) is 35.9 Å². The van der Waals surface area contributed by atoms with Crippen LogP contribution in [-0.4, -0.2) is 22.8 Å². The van der Waals surface area contributed by atoms with Crippen LogP contribution >= 0.6 is 0 Å². The standard InChI is InChI=1S/C29H37NO2/c1-4-18-10-12-24-23-11-9-19-17-20(13-15-29(19,3)25(23)14-16-28(18,24)2)30-26(31)21-7-5-6-8-22(21)27(30)32/h4-8,19-20,23-25H,9-17H2,1-3H3/b18-4-/t19?,20-,23+,24+,25+,28-,29+/m1/s1. The average Bonchev–Trinajstić information content (AvgIpc) is 3.27. The molecular weight excluding hydrogens is 394 g/mol. The molecule has 3 heteroatoms. The summed E-state index contributed by atoms with van der Waals surface area (Å²) in [6.45, 7) is 7.37. The first-order valence-corrected chi connectivity index (χ1v) is 13.0. The van der Waals surface area contributed by atoms with Gasteiger partial charge in [-0.1, -0.05) is 37.6 Å². The van der Waals surface area contributed by atoms with Gasteiger partial charge in [0.1, 0.15) is 0 Å². The lowest BCUT2D eigenvalue weighted by Gasteiger charge is -2.61. The maximum Gasteiger partial charge on any atom is 0.261 e. The summed E-state index contributed by atoms with van der Waals surface area (Å²) in [6.07, 6.45) is 13.6. The molecule has 0 aromatic heterocycles. The Balaban J connectivity index is 1.23. The largest absolute Gasteiger partial charge is 0.271 e. The van der Waals surface area contributed by atoms with E-state index < -0.39 is 0 Å². The average molecular weight is 432 g/mol. The minimum absolute atomic E-state index is 0.0637. The predicted octanol–water partition coefficient (Wildman–Crippen LogP) is 6.64. The lowest BCUT2D eigenvalue weighted by molar-refractivity contribution is -0.106. The van der Waals surface area contributed by atoms with Crippen molar-refractivity contribution in [2.24, 2.45) is 34.5 Å². The third-order valence-electron chi connectivity index (χ3n) is 11.0. The Labute approximate surface area is 192 Å². The van der Waals surface area contributed by atoms with Gasteiger partial charge in [-0.05, 0) is 111 Å². The fourth-order valence-corrected chi connectivity index (χ4v) is 9.33. The van der Waals surface area contributed by atoms with Crippen LogP contribution in [0.1, 0.15) is 99.3 Å². The number of carbonyl (C=O) groups excluding carboxylic acids is 2. The van der Waals surface area contributed by atoms with E-state index in [0.717, 1.165) is 37.0 Å². The van der Waals surface area contributed by atoms with Crippen LogP contribution < -0.4 is 0 Å². The van der Waals surface area contributed by atoms with Gasteiger partial charge in [0.25, 0.3) is 11.8 Å². The van der Waals surface area contributed by atoms with E-state index in [1.807, 2.05) is 24.3 Å². The first-order chi connectivity index (χ1) is 15.4. The van der Waals surface area contributed by atoms with Gasteiger partial charge in [0, 0.05) is 6.04 Å². The zero-order valence-electron chi connectivity index (χ0n) is 19.9. The molecule has 0 bridgehead atoms. The molecule has 4 aliphatic carbocycles. The molecule has 4 fully saturated rings. The van der Waals surface area contributed by atoms with Crippen LogP contribution in [0.5, 0.6) is 0 Å². The molecule has 4 saturated carbocycles. The van der Waals surface area contributed by atoms with Crippen molar-refractivity contribution in [1.82, 2.24) is 4.90 Å². The van der Waals surface area contributed by atoms with Gasteiger partial charge in [-0.25, -0.2) is 0 Å². The summed E-state index contributed by atoms with van der Waals surface area (Å²) in [5.41, 5.74) is 3.74. The van der Waals surface area contributed by atoms with Crippen molar-refractivity contribution in [3.05, 3.63) is 47.0 Å². The molecule has 32 heavy (non-hydrogen) atoms. The lowest BCUT2D eigenvalue weighted by Crippen LogP contribution is -2.55. The van der Waals surface area contributed by atoms with Gasteiger partial charge >= 0.3 is 0 Å².